The van der Waals surface area contributed by atoms with Crippen molar-refractivity contribution < 1.29 is 14.3 Å². The van der Waals surface area contributed by atoms with Gasteiger partial charge in [0.25, 0.3) is 5.91 Å². The summed E-state index contributed by atoms with van der Waals surface area (Å²) in [5, 5.41) is 14.8. The van der Waals surface area contributed by atoms with Crippen molar-refractivity contribution in [3.63, 3.8) is 0 Å². The Morgan fingerprint density at radius 3 is 2.92 bits per heavy atom. The number of rotatable bonds is 4. The molecule has 1 fully saturated rings. The minimum atomic E-state index is -0.519. The highest BCUT2D eigenvalue weighted by Crippen LogP contribution is 2.24. The largest absolute Gasteiger partial charge is 0.464 e. The Balaban J connectivity index is 1.74. The van der Waals surface area contributed by atoms with Gasteiger partial charge < -0.3 is 9.64 Å². The van der Waals surface area contributed by atoms with Crippen LogP contribution in [0.4, 0.5) is 0 Å². The van der Waals surface area contributed by atoms with Crippen molar-refractivity contribution >= 4 is 11.9 Å². The van der Waals surface area contributed by atoms with Gasteiger partial charge in [-0.1, -0.05) is 19.1 Å². The fourth-order valence-corrected chi connectivity index (χ4v) is 3.09. The molecule has 1 amide bonds. The molecular weight excluding hydrogens is 324 g/mol. The van der Waals surface area contributed by atoms with Crippen LogP contribution in [0.3, 0.4) is 0 Å². The number of aromatic amines is 1. The lowest BCUT2D eigenvalue weighted by atomic mass is 10.0. The van der Waals surface area contributed by atoms with Gasteiger partial charge in [-0.2, -0.15) is 5.10 Å². The lowest BCUT2D eigenvalue weighted by Crippen LogP contribution is -2.41. The lowest BCUT2D eigenvalue weighted by Gasteiger charge is -2.32. The maximum Gasteiger partial charge on any atom is 0.360 e. The van der Waals surface area contributed by atoms with Gasteiger partial charge in [0.15, 0.2) is 5.69 Å². The molecule has 0 radical (unpaired) electrons. The topological polar surface area (TPSA) is 106 Å². The summed E-state index contributed by atoms with van der Waals surface area (Å²) in [6, 6.07) is -0.0157. The summed E-state index contributed by atoms with van der Waals surface area (Å²) in [7, 11) is 1.31. The van der Waals surface area contributed by atoms with Crippen molar-refractivity contribution in [2.75, 3.05) is 20.2 Å². The first-order valence-corrected chi connectivity index (χ1v) is 8.34. The van der Waals surface area contributed by atoms with Crippen molar-refractivity contribution in [1.82, 2.24) is 30.1 Å². The van der Waals surface area contributed by atoms with Gasteiger partial charge in [0.05, 0.1) is 36.8 Å². The molecule has 2 aromatic rings. The van der Waals surface area contributed by atoms with E-state index in [9.17, 15) is 9.59 Å². The van der Waals surface area contributed by atoms with Crippen LogP contribution < -0.4 is 0 Å². The van der Waals surface area contributed by atoms with Crippen LogP contribution in [0.25, 0.3) is 0 Å². The maximum atomic E-state index is 12.9. The Labute approximate surface area is 145 Å². The molecule has 0 bridgehead atoms. The molecule has 0 unspecified atom stereocenters. The first-order chi connectivity index (χ1) is 12.0. The highest BCUT2D eigenvalue weighted by Gasteiger charge is 2.29. The highest BCUT2D eigenvalue weighted by molar-refractivity contribution is 5.95. The second kappa shape index (κ2) is 7.04. The maximum absolute atomic E-state index is 12.9. The summed E-state index contributed by atoms with van der Waals surface area (Å²) in [5.74, 6) is -0.356. The van der Waals surface area contributed by atoms with E-state index in [2.05, 4.69) is 25.2 Å². The van der Waals surface area contributed by atoms with Gasteiger partial charge in [-0.3, -0.25) is 9.89 Å². The molecule has 134 valence electrons. The predicted molar refractivity (Wildman–Crippen MR) is 88.2 cm³/mol. The van der Waals surface area contributed by atoms with Crippen LogP contribution in [-0.4, -0.2) is 62.2 Å². The zero-order valence-electron chi connectivity index (χ0n) is 14.6. The molecule has 1 saturated heterocycles. The Morgan fingerprint density at radius 2 is 2.20 bits per heavy atom. The van der Waals surface area contributed by atoms with Gasteiger partial charge in [-0.25, -0.2) is 9.48 Å². The van der Waals surface area contributed by atoms with Gasteiger partial charge >= 0.3 is 5.97 Å². The van der Waals surface area contributed by atoms with Crippen molar-refractivity contribution in [1.29, 1.82) is 0 Å². The summed E-state index contributed by atoms with van der Waals surface area (Å²) in [6.07, 6.45) is 4.89. The Hall–Kier alpha value is -2.71. The average molecular weight is 346 g/mol. The number of piperidine rings is 1. The summed E-state index contributed by atoms with van der Waals surface area (Å²) < 4.78 is 6.29. The summed E-state index contributed by atoms with van der Waals surface area (Å²) in [4.78, 5) is 26.2. The smallest absolute Gasteiger partial charge is 0.360 e. The minimum Gasteiger partial charge on any atom is -0.464 e. The van der Waals surface area contributed by atoms with Gasteiger partial charge in [-0.05, 0) is 18.8 Å². The molecule has 3 rings (SSSR count). The van der Waals surface area contributed by atoms with E-state index in [-0.39, 0.29) is 23.6 Å². The lowest BCUT2D eigenvalue weighted by molar-refractivity contribution is 0.0592. The van der Waals surface area contributed by atoms with E-state index in [1.54, 1.807) is 17.1 Å². The van der Waals surface area contributed by atoms with Crippen molar-refractivity contribution in [3.8, 4) is 0 Å². The van der Waals surface area contributed by atoms with Crippen molar-refractivity contribution in [2.45, 2.75) is 38.6 Å². The summed E-state index contributed by atoms with van der Waals surface area (Å²) in [5.41, 5.74) is 1.63. The van der Waals surface area contributed by atoms with Crippen LogP contribution in [0.2, 0.25) is 0 Å². The van der Waals surface area contributed by atoms with Crippen LogP contribution >= 0.6 is 0 Å². The molecule has 3 heterocycles. The number of amides is 1. The number of nitrogens with one attached hydrogen (secondary N) is 1. The Morgan fingerprint density at radius 1 is 1.40 bits per heavy atom. The second-order valence-electron chi connectivity index (χ2n) is 6.47. The molecule has 0 saturated carbocycles. The number of nitrogens with zero attached hydrogens (tertiary/aromatic N) is 5. The van der Waals surface area contributed by atoms with Crippen LogP contribution in [-0.2, 0) is 4.74 Å². The molecule has 1 aliphatic rings. The normalized spacial score (nSPS) is 17.8. The number of aromatic nitrogens is 5. The molecule has 9 heteroatoms. The van der Waals surface area contributed by atoms with E-state index in [1.807, 2.05) is 18.7 Å². The van der Waals surface area contributed by atoms with Crippen LogP contribution in [0.5, 0.6) is 0 Å². The van der Waals surface area contributed by atoms with Gasteiger partial charge in [-0.15, -0.1) is 5.10 Å². The second-order valence-corrected chi connectivity index (χ2v) is 6.47. The molecule has 25 heavy (non-hydrogen) atoms. The number of hydrogen-bond donors (Lipinski definition) is 1. The number of methoxy groups -OCH3 is 1. The standard InChI is InChI=1S/C16H22N6O3/c1-10(2)14-12(7-17-19-14)15(23)21-6-4-5-11(8-21)22-9-13(18-20-22)16(24)25-3/h7,9-11H,4-6,8H2,1-3H3,(H,17,19)/t11-/m1/s1. The molecule has 1 aliphatic heterocycles. The van der Waals surface area contributed by atoms with E-state index in [0.29, 0.717) is 18.7 Å². The Bertz CT molecular complexity index is 766. The summed E-state index contributed by atoms with van der Waals surface area (Å²) in [6.45, 7) is 5.25. The SMILES string of the molecule is COC(=O)c1cn([C@@H]2CCCN(C(=O)c3cn[nH]c3C(C)C)C2)nn1. The third-order valence-electron chi connectivity index (χ3n) is 4.44. The van der Waals surface area contributed by atoms with E-state index in [4.69, 9.17) is 0 Å². The fourth-order valence-electron chi connectivity index (χ4n) is 3.09. The molecular formula is C16H22N6O3. The quantitative estimate of drug-likeness (QED) is 0.839. The number of carbonyl (C=O) groups excluding carboxylic acids is 2. The van der Waals surface area contributed by atoms with E-state index in [1.165, 1.54) is 7.11 Å². The van der Waals surface area contributed by atoms with E-state index < -0.39 is 5.97 Å². The molecule has 0 aromatic carbocycles. The molecule has 2 aromatic heterocycles. The predicted octanol–water partition coefficient (Wildman–Crippen LogP) is 1.39. The number of H-pyrrole nitrogens is 1. The number of carbonyl (C=O) groups is 2. The first kappa shape index (κ1) is 17.1. The molecule has 9 nitrogen and oxygen atoms in total. The number of esters is 1. The number of hydrogen-bond acceptors (Lipinski definition) is 6. The van der Waals surface area contributed by atoms with E-state index in [0.717, 1.165) is 18.5 Å². The van der Waals surface area contributed by atoms with Crippen molar-refractivity contribution in [3.05, 3.63) is 29.3 Å². The Kier molecular flexibility index (Phi) is 4.82. The van der Waals surface area contributed by atoms with Crippen LogP contribution in [0, 0.1) is 0 Å². The summed E-state index contributed by atoms with van der Waals surface area (Å²) >= 11 is 0. The number of ether oxygens (including phenoxy) is 1. The highest BCUT2D eigenvalue weighted by atomic mass is 16.5. The minimum absolute atomic E-state index is 0.0157. The number of likely N-dealkylation sites (tertiary alicyclic amines) is 1. The molecule has 0 aliphatic carbocycles. The zero-order valence-corrected chi connectivity index (χ0v) is 14.6. The van der Waals surface area contributed by atoms with Gasteiger partial charge in [0, 0.05) is 13.1 Å². The molecule has 1 N–H and O–H groups in total. The average Bonchev–Trinajstić information content (AvgIpc) is 3.30. The third kappa shape index (κ3) is 3.40. The van der Waals surface area contributed by atoms with Crippen LogP contribution in [0.15, 0.2) is 12.4 Å². The monoisotopic (exact) mass is 346 g/mol. The van der Waals surface area contributed by atoms with Crippen LogP contribution in [0.1, 0.15) is 65.2 Å². The van der Waals surface area contributed by atoms with Crippen molar-refractivity contribution in [2.24, 2.45) is 0 Å². The van der Waals surface area contributed by atoms with Gasteiger partial charge in [0.2, 0.25) is 0 Å². The third-order valence-corrected chi connectivity index (χ3v) is 4.44. The molecule has 0 spiro atoms. The van der Waals surface area contributed by atoms with Gasteiger partial charge in [0.1, 0.15) is 0 Å². The molecule has 1 atom stereocenters. The zero-order chi connectivity index (χ0) is 18.0. The first-order valence-electron chi connectivity index (χ1n) is 8.34. The fraction of sp³-hybridized carbons (Fsp3) is 0.562. The van der Waals surface area contributed by atoms with E-state index >= 15 is 0 Å².